The number of pyridine rings is 1. The van der Waals surface area contributed by atoms with Gasteiger partial charge in [-0.1, -0.05) is 6.07 Å². The third kappa shape index (κ3) is 3.96. The van der Waals surface area contributed by atoms with Gasteiger partial charge in [-0.3, -0.25) is 4.79 Å². The van der Waals surface area contributed by atoms with Gasteiger partial charge in [-0.15, -0.1) is 0 Å². The smallest absolute Gasteiger partial charge is 0.317 e. The van der Waals surface area contributed by atoms with Crippen LogP contribution in [0.4, 0.5) is 10.6 Å². The molecule has 0 radical (unpaired) electrons. The molecule has 1 aromatic rings. The van der Waals surface area contributed by atoms with E-state index in [-0.39, 0.29) is 17.9 Å². The number of carbonyl (C=O) groups is 2. The third-order valence-electron chi connectivity index (χ3n) is 4.81. The number of hydrogen-bond donors (Lipinski definition) is 2. The first-order valence-electron chi connectivity index (χ1n) is 8.65. The van der Waals surface area contributed by atoms with Crippen LogP contribution in [0.5, 0.6) is 0 Å². The molecule has 7 nitrogen and oxygen atoms in total. The summed E-state index contributed by atoms with van der Waals surface area (Å²) in [5, 5.41) is 2.88. The highest BCUT2D eigenvalue weighted by Gasteiger charge is 2.29. The van der Waals surface area contributed by atoms with Crippen LogP contribution in [0.15, 0.2) is 18.3 Å². The molecule has 2 aliphatic heterocycles. The molecule has 0 spiro atoms. The third-order valence-corrected chi connectivity index (χ3v) is 4.81. The van der Waals surface area contributed by atoms with Crippen molar-refractivity contribution in [2.24, 2.45) is 11.7 Å². The second kappa shape index (κ2) is 7.51. The van der Waals surface area contributed by atoms with Crippen LogP contribution in [-0.2, 0) is 11.3 Å². The number of urea groups is 1. The SMILES string of the molecule is NC(=O)C1CCN(C(=O)NCc2ccc(N3CCCCC3)nc2)C1. The minimum absolute atomic E-state index is 0.154. The molecule has 3 heterocycles. The number of aromatic nitrogens is 1. The lowest BCUT2D eigenvalue weighted by Gasteiger charge is -2.27. The van der Waals surface area contributed by atoms with Gasteiger partial charge in [0, 0.05) is 38.9 Å². The molecule has 24 heavy (non-hydrogen) atoms. The van der Waals surface area contributed by atoms with E-state index in [1.807, 2.05) is 18.3 Å². The van der Waals surface area contributed by atoms with Crippen LogP contribution in [0, 0.1) is 5.92 Å². The Morgan fingerprint density at radius 2 is 2.00 bits per heavy atom. The average molecular weight is 331 g/mol. The predicted molar refractivity (Wildman–Crippen MR) is 91.4 cm³/mol. The number of nitrogens with two attached hydrogens (primary N) is 1. The van der Waals surface area contributed by atoms with Crippen LogP contribution < -0.4 is 16.0 Å². The number of hydrogen-bond acceptors (Lipinski definition) is 4. The van der Waals surface area contributed by atoms with Crippen LogP contribution in [0.3, 0.4) is 0 Å². The summed E-state index contributed by atoms with van der Waals surface area (Å²) in [4.78, 5) is 31.8. The molecule has 7 heteroatoms. The first-order valence-corrected chi connectivity index (χ1v) is 8.65. The lowest BCUT2D eigenvalue weighted by atomic mass is 10.1. The lowest BCUT2D eigenvalue weighted by molar-refractivity contribution is -0.121. The van der Waals surface area contributed by atoms with E-state index in [2.05, 4.69) is 15.2 Å². The highest BCUT2D eigenvalue weighted by molar-refractivity contribution is 5.80. The summed E-state index contributed by atoms with van der Waals surface area (Å²) in [5.41, 5.74) is 6.26. The average Bonchev–Trinajstić information content (AvgIpc) is 3.11. The largest absolute Gasteiger partial charge is 0.369 e. The number of nitrogens with zero attached hydrogens (tertiary/aromatic N) is 3. The maximum Gasteiger partial charge on any atom is 0.317 e. The molecular formula is C17H25N5O2. The molecule has 0 bridgehead atoms. The summed E-state index contributed by atoms with van der Waals surface area (Å²) in [6, 6.07) is 3.87. The van der Waals surface area contributed by atoms with Gasteiger partial charge in [0.25, 0.3) is 0 Å². The number of piperidine rings is 1. The summed E-state index contributed by atoms with van der Waals surface area (Å²) >= 11 is 0. The van der Waals surface area contributed by atoms with E-state index in [9.17, 15) is 9.59 Å². The maximum atomic E-state index is 12.1. The molecule has 2 aliphatic rings. The summed E-state index contributed by atoms with van der Waals surface area (Å²) < 4.78 is 0. The van der Waals surface area contributed by atoms with Crippen LogP contribution in [0.1, 0.15) is 31.2 Å². The topological polar surface area (TPSA) is 91.6 Å². The van der Waals surface area contributed by atoms with Gasteiger partial charge in [0.1, 0.15) is 5.82 Å². The van der Waals surface area contributed by atoms with E-state index in [0.717, 1.165) is 24.5 Å². The Hall–Kier alpha value is -2.31. The van der Waals surface area contributed by atoms with E-state index in [0.29, 0.717) is 26.1 Å². The van der Waals surface area contributed by atoms with Gasteiger partial charge in [0.2, 0.25) is 5.91 Å². The van der Waals surface area contributed by atoms with Crippen molar-refractivity contribution in [3.63, 3.8) is 0 Å². The number of likely N-dealkylation sites (tertiary alicyclic amines) is 1. The first kappa shape index (κ1) is 16.5. The maximum absolute atomic E-state index is 12.1. The monoisotopic (exact) mass is 331 g/mol. The van der Waals surface area contributed by atoms with E-state index in [1.54, 1.807) is 4.90 Å². The van der Waals surface area contributed by atoms with Gasteiger partial charge in [0.05, 0.1) is 5.92 Å². The predicted octanol–water partition coefficient (Wildman–Crippen LogP) is 1.09. The number of anilines is 1. The second-order valence-corrected chi connectivity index (χ2v) is 6.57. The zero-order valence-corrected chi connectivity index (χ0v) is 13.9. The Kier molecular flexibility index (Phi) is 5.17. The standard InChI is InChI=1S/C17H25N5O2/c18-16(23)14-6-9-22(12-14)17(24)20-11-13-4-5-15(19-10-13)21-7-2-1-3-8-21/h4-5,10,14H,1-3,6-9,11-12H2,(H2,18,23)(H,20,24). The fourth-order valence-electron chi connectivity index (χ4n) is 3.30. The fourth-order valence-corrected chi connectivity index (χ4v) is 3.30. The molecule has 3 N–H and O–H groups in total. The van der Waals surface area contributed by atoms with E-state index in [1.165, 1.54) is 19.3 Å². The van der Waals surface area contributed by atoms with Crippen LogP contribution in [0.2, 0.25) is 0 Å². The minimum atomic E-state index is -0.331. The van der Waals surface area contributed by atoms with Gasteiger partial charge in [-0.05, 0) is 37.3 Å². The summed E-state index contributed by atoms with van der Waals surface area (Å²) in [6.07, 6.45) is 6.21. The molecule has 2 saturated heterocycles. The van der Waals surface area contributed by atoms with Gasteiger partial charge < -0.3 is 20.9 Å². The molecule has 0 aliphatic carbocycles. The molecule has 0 saturated carbocycles. The minimum Gasteiger partial charge on any atom is -0.369 e. The summed E-state index contributed by atoms with van der Waals surface area (Å²) in [5.74, 6) is 0.456. The molecule has 2 fully saturated rings. The van der Waals surface area contributed by atoms with Gasteiger partial charge in [-0.2, -0.15) is 0 Å². The number of nitrogens with one attached hydrogen (secondary N) is 1. The highest BCUT2D eigenvalue weighted by atomic mass is 16.2. The lowest BCUT2D eigenvalue weighted by Crippen LogP contribution is -2.39. The zero-order chi connectivity index (χ0) is 16.9. The van der Waals surface area contributed by atoms with Crippen molar-refractivity contribution >= 4 is 17.8 Å². The fraction of sp³-hybridized carbons (Fsp3) is 0.588. The Bertz CT molecular complexity index is 583. The molecule has 3 rings (SSSR count). The Morgan fingerprint density at radius 1 is 1.21 bits per heavy atom. The van der Waals surface area contributed by atoms with Crippen molar-refractivity contribution in [2.45, 2.75) is 32.2 Å². The Labute approximate surface area is 142 Å². The van der Waals surface area contributed by atoms with Crippen molar-refractivity contribution in [2.75, 3.05) is 31.1 Å². The quantitative estimate of drug-likeness (QED) is 0.864. The molecular weight excluding hydrogens is 306 g/mol. The van der Waals surface area contributed by atoms with Crippen molar-refractivity contribution in [3.8, 4) is 0 Å². The molecule has 3 amide bonds. The van der Waals surface area contributed by atoms with Crippen LogP contribution >= 0.6 is 0 Å². The van der Waals surface area contributed by atoms with E-state index < -0.39 is 0 Å². The van der Waals surface area contributed by atoms with E-state index >= 15 is 0 Å². The number of amides is 3. The Balaban J connectivity index is 1.48. The molecule has 0 aromatic carbocycles. The van der Waals surface area contributed by atoms with Gasteiger partial charge in [0.15, 0.2) is 0 Å². The second-order valence-electron chi connectivity index (χ2n) is 6.57. The first-order chi connectivity index (χ1) is 11.6. The van der Waals surface area contributed by atoms with Gasteiger partial charge >= 0.3 is 6.03 Å². The van der Waals surface area contributed by atoms with Crippen molar-refractivity contribution in [1.29, 1.82) is 0 Å². The number of rotatable bonds is 4. The molecule has 1 atom stereocenters. The zero-order valence-electron chi connectivity index (χ0n) is 13.9. The molecule has 1 aromatic heterocycles. The normalized spacial score (nSPS) is 20.9. The number of primary amides is 1. The Morgan fingerprint density at radius 3 is 2.62 bits per heavy atom. The summed E-state index contributed by atoms with van der Waals surface area (Å²) in [7, 11) is 0. The van der Waals surface area contributed by atoms with Crippen LogP contribution in [-0.4, -0.2) is 48.0 Å². The van der Waals surface area contributed by atoms with E-state index in [4.69, 9.17) is 5.73 Å². The van der Waals surface area contributed by atoms with Gasteiger partial charge in [-0.25, -0.2) is 9.78 Å². The molecule has 1 unspecified atom stereocenters. The van der Waals surface area contributed by atoms with Crippen molar-refractivity contribution in [3.05, 3.63) is 23.9 Å². The van der Waals surface area contributed by atoms with Crippen molar-refractivity contribution < 1.29 is 9.59 Å². The molecule has 130 valence electrons. The highest BCUT2D eigenvalue weighted by Crippen LogP contribution is 2.18. The van der Waals surface area contributed by atoms with Crippen LogP contribution in [0.25, 0.3) is 0 Å². The van der Waals surface area contributed by atoms with Crippen molar-refractivity contribution in [1.82, 2.24) is 15.2 Å². The summed E-state index contributed by atoms with van der Waals surface area (Å²) in [6.45, 7) is 3.56. The number of carbonyl (C=O) groups excluding carboxylic acids is 2.